The third-order valence-corrected chi connectivity index (χ3v) is 9.43. The van der Waals surface area contributed by atoms with E-state index in [1.165, 1.54) is 12.1 Å². The number of carbonyl (C=O) groups is 1. The Morgan fingerprint density at radius 3 is 2.59 bits per heavy atom. The molecule has 0 bridgehead atoms. The first-order valence-corrected chi connectivity index (χ1v) is 14.4. The molecular formula is C28H33FN4O3S. The highest BCUT2D eigenvalue weighted by Crippen LogP contribution is 2.36. The Kier molecular flexibility index (Phi) is 6.27. The lowest BCUT2D eigenvalue weighted by Gasteiger charge is -2.29. The van der Waals surface area contributed by atoms with Gasteiger partial charge in [0.25, 0.3) is 0 Å². The molecule has 3 N–H and O–H groups in total. The second-order valence-corrected chi connectivity index (χ2v) is 13.5. The van der Waals surface area contributed by atoms with Crippen molar-refractivity contribution in [3.63, 3.8) is 0 Å². The average molecular weight is 525 g/mol. The number of hydrogen-bond acceptors (Lipinski definition) is 5. The van der Waals surface area contributed by atoms with Crippen molar-refractivity contribution in [2.24, 2.45) is 11.7 Å². The van der Waals surface area contributed by atoms with Crippen LogP contribution in [0.15, 0.2) is 48.5 Å². The highest BCUT2D eigenvalue weighted by Gasteiger charge is 2.41. The van der Waals surface area contributed by atoms with E-state index in [1.807, 2.05) is 36.7 Å². The monoisotopic (exact) mass is 524 g/mol. The molecule has 1 aliphatic carbocycles. The molecule has 5 rings (SSSR count). The lowest BCUT2D eigenvalue weighted by molar-refractivity contribution is -0.126. The number of fused-ring (bicyclic) bond motifs is 1. The fourth-order valence-corrected chi connectivity index (χ4v) is 7.53. The van der Waals surface area contributed by atoms with E-state index in [-0.39, 0.29) is 29.1 Å². The topological polar surface area (TPSA) is 107 Å². The Labute approximate surface area is 217 Å². The van der Waals surface area contributed by atoms with Crippen molar-refractivity contribution in [2.75, 3.05) is 11.5 Å². The second kappa shape index (κ2) is 9.06. The van der Waals surface area contributed by atoms with Crippen LogP contribution in [-0.2, 0) is 33.0 Å². The number of sulfone groups is 1. The molecule has 2 aromatic carbocycles. The van der Waals surface area contributed by atoms with Crippen molar-refractivity contribution >= 4 is 15.7 Å². The van der Waals surface area contributed by atoms with Crippen molar-refractivity contribution in [3.8, 4) is 16.9 Å². The molecule has 3 aromatic rings. The maximum Gasteiger partial charge on any atom is 0.223 e. The molecule has 1 amide bonds. The largest absolute Gasteiger partial charge is 0.350 e. The summed E-state index contributed by atoms with van der Waals surface area (Å²) >= 11 is 0. The Balaban J connectivity index is 1.51. The van der Waals surface area contributed by atoms with Gasteiger partial charge >= 0.3 is 0 Å². The van der Waals surface area contributed by atoms with Gasteiger partial charge in [-0.15, -0.1) is 0 Å². The Morgan fingerprint density at radius 2 is 1.95 bits per heavy atom. The standard InChI is InChI=1S/C28H33FN4O3S/c1-27(2,30)20-6-4-5-18(15-20)25-23-12-7-19(26(34)31-28(3)13-14-37(35,36)17-28)16-24(23)33(32-25)22-10-8-21(29)9-11-22/h4-6,8-11,15,19H,7,12-14,16-17,30H2,1-3H3,(H,31,34). The van der Waals surface area contributed by atoms with E-state index in [9.17, 15) is 17.6 Å². The summed E-state index contributed by atoms with van der Waals surface area (Å²) in [5.74, 6) is -0.719. The summed E-state index contributed by atoms with van der Waals surface area (Å²) in [7, 11) is -3.14. The van der Waals surface area contributed by atoms with Gasteiger partial charge < -0.3 is 11.1 Å². The molecule has 1 saturated heterocycles. The third-order valence-electron chi connectivity index (χ3n) is 7.52. The van der Waals surface area contributed by atoms with Gasteiger partial charge in [0.1, 0.15) is 5.82 Å². The summed E-state index contributed by atoms with van der Waals surface area (Å²) in [6, 6.07) is 14.2. The number of rotatable bonds is 5. The molecule has 1 aromatic heterocycles. The number of nitrogens with two attached hydrogens (primary N) is 1. The molecule has 37 heavy (non-hydrogen) atoms. The fraction of sp³-hybridized carbons (Fsp3) is 0.429. The number of aromatic nitrogens is 2. The van der Waals surface area contributed by atoms with Gasteiger partial charge in [-0.2, -0.15) is 5.10 Å². The molecule has 2 unspecified atom stereocenters. The maximum absolute atomic E-state index is 13.7. The summed E-state index contributed by atoms with van der Waals surface area (Å²) in [5, 5.41) is 7.99. The lowest BCUT2D eigenvalue weighted by atomic mass is 9.84. The van der Waals surface area contributed by atoms with Crippen LogP contribution >= 0.6 is 0 Å². The SMILES string of the molecule is CC1(NC(=O)C2CCc3c(-c4cccc(C(C)(C)N)c4)nn(-c4ccc(F)cc4)c3C2)CCS(=O)(=O)C1. The van der Waals surface area contributed by atoms with E-state index in [2.05, 4.69) is 11.4 Å². The van der Waals surface area contributed by atoms with Crippen molar-refractivity contribution in [2.45, 2.75) is 57.5 Å². The summed E-state index contributed by atoms with van der Waals surface area (Å²) in [6.45, 7) is 5.71. The van der Waals surface area contributed by atoms with E-state index >= 15 is 0 Å². The molecule has 0 saturated carbocycles. The minimum absolute atomic E-state index is 0.0325. The summed E-state index contributed by atoms with van der Waals surface area (Å²) in [6.07, 6.45) is 2.15. The number of hydrogen-bond donors (Lipinski definition) is 2. The molecule has 1 fully saturated rings. The van der Waals surface area contributed by atoms with E-state index in [1.54, 1.807) is 19.1 Å². The van der Waals surface area contributed by atoms with Gasteiger partial charge in [-0.1, -0.05) is 18.2 Å². The number of nitrogens with zero attached hydrogens (tertiary/aromatic N) is 2. The number of carbonyl (C=O) groups excluding carboxylic acids is 1. The number of amides is 1. The second-order valence-electron chi connectivity index (χ2n) is 11.3. The Morgan fingerprint density at radius 1 is 1.22 bits per heavy atom. The summed E-state index contributed by atoms with van der Waals surface area (Å²) in [5.41, 5.74) is 10.6. The highest BCUT2D eigenvalue weighted by atomic mass is 32.2. The predicted octanol–water partition coefficient (Wildman–Crippen LogP) is 3.67. The van der Waals surface area contributed by atoms with Crippen LogP contribution in [0.1, 0.15) is 50.4 Å². The molecule has 196 valence electrons. The van der Waals surface area contributed by atoms with Crippen LogP contribution in [0.4, 0.5) is 4.39 Å². The molecular weight excluding hydrogens is 491 g/mol. The zero-order valence-electron chi connectivity index (χ0n) is 21.4. The average Bonchev–Trinajstić information content (AvgIpc) is 3.35. The van der Waals surface area contributed by atoms with Crippen LogP contribution < -0.4 is 11.1 Å². The fourth-order valence-electron chi connectivity index (χ4n) is 5.44. The zero-order valence-corrected chi connectivity index (χ0v) is 22.2. The van der Waals surface area contributed by atoms with Crippen molar-refractivity contribution in [1.29, 1.82) is 0 Å². The highest BCUT2D eigenvalue weighted by molar-refractivity contribution is 7.91. The molecule has 7 nitrogen and oxygen atoms in total. The third kappa shape index (κ3) is 5.20. The van der Waals surface area contributed by atoms with Crippen molar-refractivity contribution < 1.29 is 17.6 Å². The van der Waals surface area contributed by atoms with E-state index in [4.69, 9.17) is 10.8 Å². The molecule has 2 atom stereocenters. The van der Waals surface area contributed by atoms with Gasteiger partial charge in [-0.25, -0.2) is 17.5 Å². The molecule has 0 radical (unpaired) electrons. The van der Waals surface area contributed by atoms with Gasteiger partial charge in [0.15, 0.2) is 9.84 Å². The van der Waals surface area contributed by atoms with Crippen molar-refractivity contribution in [3.05, 3.63) is 71.2 Å². The summed E-state index contributed by atoms with van der Waals surface area (Å²) < 4.78 is 39.5. The lowest BCUT2D eigenvalue weighted by Crippen LogP contribution is -2.50. The van der Waals surface area contributed by atoms with Crippen LogP contribution in [-0.4, -0.2) is 41.2 Å². The molecule has 2 aliphatic rings. The first-order valence-electron chi connectivity index (χ1n) is 12.6. The maximum atomic E-state index is 13.7. The Hall–Kier alpha value is -3.04. The minimum Gasteiger partial charge on any atom is -0.350 e. The van der Waals surface area contributed by atoms with Gasteiger partial charge in [-0.05, 0) is 75.9 Å². The van der Waals surface area contributed by atoms with E-state index < -0.39 is 20.9 Å². The van der Waals surface area contributed by atoms with Crippen LogP contribution in [0.3, 0.4) is 0 Å². The molecule has 1 aliphatic heterocycles. The minimum atomic E-state index is -3.14. The smallest absolute Gasteiger partial charge is 0.223 e. The molecule has 2 heterocycles. The predicted molar refractivity (Wildman–Crippen MR) is 142 cm³/mol. The van der Waals surface area contributed by atoms with Crippen LogP contribution in [0.5, 0.6) is 0 Å². The Bertz CT molecular complexity index is 1460. The first-order chi connectivity index (χ1) is 17.3. The van der Waals surface area contributed by atoms with Crippen LogP contribution in [0.25, 0.3) is 16.9 Å². The zero-order chi connectivity index (χ0) is 26.6. The quantitative estimate of drug-likeness (QED) is 0.530. The number of benzene rings is 2. The normalized spacial score (nSPS) is 23.0. The number of nitrogens with one attached hydrogen (secondary N) is 1. The van der Waals surface area contributed by atoms with Gasteiger partial charge in [0.2, 0.25) is 5.91 Å². The van der Waals surface area contributed by atoms with Crippen LogP contribution in [0, 0.1) is 11.7 Å². The van der Waals surface area contributed by atoms with E-state index in [0.717, 1.165) is 28.1 Å². The van der Waals surface area contributed by atoms with E-state index in [0.29, 0.717) is 31.4 Å². The summed E-state index contributed by atoms with van der Waals surface area (Å²) in [4.78, 5) is 13.3. The molecule has 0 spiro atoms. The number of halogens is 1. The van der Waals surface area contributed by atoms with Crippen molar-refractivity contribution in [1.82, 2.24) is 15.1 Å². The van der Waals surface area contributed by atoms with Gasteiger partial charge in [-0.3, -0.25) is 4.79 Å². The van der Waals surface area contributed by atoms with Gasteiger partial charge in [0, 0.05) is 34.7 Å². The van der Waals surface area contributed by atoms with Gasteiger partial charge in [0.05, 0.1) is 28.4 Å². The van der Waals surface area contributed by atoms with Crippen LogP contribution in [0.2, 0.25) is 0 Å². The first kappa shape index (κ1) is 25.6. The molecule has 9 heteroatoms.